The van der Waals surface area contributed by atoms with Crippen molar-refractivity contribution in [2.75, 3.05) is 0 Å². The standard InChI is InChI=1S/C20H23N3O3S/c1-14(2)26-18-12-8-6-10-16(18)13-27(24,25)20-22-21-19(23(20)4)17-11-7-5-9-15(17)3/h5-12,14H,13H2,1-4H3. The van der Waals surface area contributed by atoms with Crippen LogP contribution in [0.25, 0.3) is 11.4 Å². The summed E-state index contributed by atoms with van der Waals surface area (Å²) in [7, 11) is -2.02. The van der Waals surface area contributed by atoms with Gasteiger partial charge in [0.2, 0.25) is 15.0 Å². The largest absolute Gasteiger partial charge is 0.491 e. The number of aryl methyl sites for hydroxylation is 1. The number of hydrogen-bond acceptors (Lipinski definition) is 5. The SMILES string of the molecule is Cc1ccccc1-c1nnc(S(=O)(=O)Cc2ccccc2OC(C)C)n1C. The highest BCUT2D eigenvalue weighted by atomic mass is 32.2. The summed E-state index contributed by atoms with van der Waals surface area (Å²) in [6, 6.07) is 14.8. The summed E-state index contributed by atoms with van der Waals surface area (Å²) in [5, 5.41) is 8.05. The van der Waals surface area contributed by atoms with Gasteiger partial charge in [-0.2, -0.15) is 0 Å². The van der Waals surface area contributed by atoms with E-state index in [9.17, 15) is 8.42 Å². The number of aromatic nitrogens is 3. The second-order valence-electron chi connectivity index (χ2n) is 6.71. The van der Waals surface area contributed by atoms with Gasteiger partial charge in [-0.1, -0.05) is 42.5 Å². The van der Waals surface area contributed by atoms with Crippen molar-refractivity contribution in [2.45, 2.75) is 37.8 Å². The van der Waals surface area contributed by atoms with Crippen LogP contribution in [0.2, 0.25) is 0 Å². The normalized spacial score (nSPS) is 11.7. The molecule has 0 aliphatic rings. The van der Waals surface area contributed by atoms with E-state index in [1.165, 1.54) is 4.57 Å². The Hall–Kier alpha value is -2.67. The maximum atomic E-state index is 13.0. The Bertz CT molecular complexity index is 1060. The molecule has 0 radical (unpaired) electrons. The minimum Gasteiger partial charge on any atom is -0.491 e. The average Bonchev–Trinajstić information content (AvgIpc) is 2.99. The Balaban J connectivity index is 1.97. The maximum Gasteiger partial charge on any atom is 0.250 e. The van der Waals surface area contributed by atoms with E-state index in [1.54, 1.807) is 25.2 Å². The Morgan fingerprint density at radius 2 is 1.70 bits per heavy atom. The van der Waals surface area contributed by atoms with Crippen molar-refractivity contribution in [3.63, 3.8) is 0 Å². The first kappa shape index (κ1) is 19.1. The van der Waals surface area contributed by atoms with Gasteiger partial charge >= 0.3 is 0 Å². The summed E-state index contributed by atoms with van der Waals surface area (Å²) in [6.45, 7) is 5.77. The van der Waals surface area contributed by atoms with Gasteiger partial charge in [0.05, 0.1) is 11.9 Å². The molecule has 1 aromatic heterocycles. The summed E-state index contributed by atoms with van der Waals surface area (Å²) in [4.78, 5) is 0. The van der Waals surface area contributed by atoms with E-state index in [-0.39, 0.29) is 17.0 Å². The number of nitrogens with zero attached hydrogens (tertiary/aromatic N) is 3. The van der Waals surface area contributed by atoms with Gasteiger partial charge < -0.3 is 9.30 Å². The minimum atomic E-state index is -3.69. The second kappa shape index (κ2) is 7.52. The van der Waals surface area contributed by atoms with E-state index in [1.807, 2.05) is 51.1 Å². The van der Waals surface area contributed by atoms with Crippen LogP contribution >= 0.6 is 0 Å². The number of para-hydroxylation sites is 1. The molecule has 0 amide bonds. The average molecular weight is 385 g/mol. The van der Waals surface area contributed by atoms with Crippen LogP contribution in [0.1, 0.15) is 25.0 Å². The Labute approximate surface area is 159 Å². The molecule has 0 unspecified atom stereocenters. The lowest BCUT2D eigenvalue weighted by atomic mass is 10.1. The highest BCUT2D eigenvalue weighted by molar-refractivity contribution is 7.90. The molecule has 3 aromatic rings. The van der Waals surface area contributed by atoms with E-state index in [2.05, 4.69) is 10.2 Å². The lowest BCUT2D eigenvalue weighted by Crippen LogP contribution is -2.14. The third-order valence-electron chi connectivity index (χ3n) is 4.18. The zero-order chi connectivity index (χ0) is 19.6. The molecule has 0 spiro atoms. The fourth-order valence-electron chi connectivity index (χ4n) is 2.91. The van der Waals surface area contributed by atoms with Gasteiger partial charge in [0, 0.05) is 18.2 Å². The molecule has 27 heavy (non-hydrogen) atoms. The fraction of sp³-hybridized carbons (Fsp3) is 0.300. The number of sulfone groups is 1. The quantitative estimate of drug-likeness (QED) is 0.649. The molecule has 0 aliphatic heterocycles. The van der Waals surface area contributed by atoms with Crippen molar-refractivity contribution in [2.24, 2.45) is 7.05 Å². The van der Waals surface area contributed by atoms with Crippen LogP contribution in [-0.4, -0.2) is 29.3 Å². The Morgan fingerprint density at radius 1 is 1.04 bits per heavy atom. The van der Waals surface area contributed by atoms with E-state index in [4.69, 9.17) is 4.74 Å². The van der Waals surface area contributed by atoms with Crippen LogP contribution in [0.5, 0.6) is 5.75 Å². The molecule has 1 heterocycles. The molecular formula is C20H23N3O3S. The van der Waals surface area contributed by atoms with Crippen LogP contribution in [-0.2, 0) is 22.6 Å². The van der Waals surface area contributed by atoms with Gasteiger partial charge in [0.25, 0.3) is 0 Å². The van der Waals surface area contributed by atoms with Crippen molar-refractivity contribution in [1.82, 2.24) is 14.8 Å². The minimum absolute atomic E-state index is 0.0451. The van der Waals surface area contributed by atoms with Gasteiger partial charge in [-0.05, 0) is 32.4 Å². The summed E-state index contributed by atoms with van der Waals surface area (Å²) in [5.74, 6) is 0.895. The first-order chi connectivity index (χ1) is 12.8. The number of ether oxygens (including phenoxy) is 1. The van der Waals surface area contributed by atoms with Crippen molar-refractivity contribution < 1.29 is 13.2 Å². The number of benzene rings is 2. The molecule has 0 saturated heterocycles. The van der Waals surface area contributed by atoms with Gasteiger partial charge in [0.15, 0.2) is 5.82 Å². The summed E-state index contributed by atoms with van der Waals surface area (Å²) in [5.41, 5.74) is 2.47. The van der Waals surface area contributed by atoms with E-state index >= 15 is 0 Å². The van der Waals surface area contributed by atoms with Gasteiger partial charge in [-0.25, -0.2) is 8.42 Å². The maximum absolute atomic E-state index is 13.0. The van der Waals surface area contributed by atoms with Crippen LogP contribution < -0.4 is 4.74 Å². The lowest BCUT2D eigenvalue weighted by molar-refractivity contribution is 0.240. The van der Waals surface area contributed by atoms with Crippen molar-refractivity contribution >= 4 is 9.84 Å². The molecule has 2 aromatic carbocycles. The molecule has 142 valence electrons. The third kappa shape index (κ3) is 4.03. The predicted octanol–water partition coefficient (Wildman–Crippen LogP) is 3.55. The number of rotatable bonds is 6. The summed E-state index contributed by atoms with van der Waals surface area (Å²) < 4.78 is 33.3. The molecule has 0 N–H and O–H groups in total. The third-order valence-corrected chi connectivity index (χ3v) is 5.78. The molecule has 0 aliphatic carbocycles. The molecule has 0 fully saturated rings. The zero-order valence-electron chi connectivity index (χ0n) is 15.9. The van der Waals surface area contributed by atoms with E-state index < -0.39 is 9.84 Å². The highest BCUT2D eigenvalue weighted by Gasteiger charge is 2.26. The highest BCUT2D eigenvalue weighted by Crippen LogP contribution is 2.27. The van der Waals surface area contributed by atoms with Crippen LogP contribution in [0, 0.1) is 6.92 Å². The van der Waals surface area contributed by atoms with Crippen molar-refractivity contribution in [3.05, 3.63) is 59.7 Å². The molecule has 0 atom stereocenters. The molecule has 3 rings (SSSR count). The smallest absolute Gasteiger partial charge is 0.250 e. The first-order valence-corrected chi connectivity index (χ1v) is 10.4. The van der Waals surface area contributed by atoms with Gasteiger partial charge in [0.1, 0.15) is 5.75 Å². The van der Waals surface area contributed by atoms with E-state index in [0.29, 0.717) is 17.1 Å². The molecule has 7 heteroatoms. The Kier molecular flexibility index (Phi) is 5.32. The summed E-state index contributed by atoms with van der Waals surface area (Å²) in [6.07, 6.45) is -0.0451. The molecule has 0 saturated carbocycles. The second-order valence-corrected chi connectivity index (χ2v) is 8.60. The van der Waals surface area contributed by atoms with Crippen molar-refractivity contribution in [3.8, 4) is 17.1 Å². The number of hydrogen-bond donors (Lipinski definition) is 0. The van der Waals surface area contributed by atoms with Crippen LogP contribution in [0.3, 0.4) is 0 Å². The van der Waals surface area contributed by atoms with E-state index in [0.717, 1.165) is 11.1 Å². The van der Waals surface area contributed by atoms with Gasteiger partial charge in [-0.15, -0.1) is 10.2 Å². The molecule has 6 nitrogen and oxygen atoms in total. The lowest BCUT2D eigenvalue weighted by Gasteiger charge is -2.14. The topological polar surface area (TPSA) is 74.1 Å². The predicted molar refractivity (Wildman–Crippen MR) is 104 cm³/mol. The first-order valence-electron chi connectivity index (χ1n) is 8.72. The summed E-state index contributed by atoms with van der Waals surface area (Å²) >= 11 is 0. The van der Waals surface area contributed by atoms with Crippen molar-refractivity contribution in [1.29, 1.82) is 0 Å². The monoisotopic (exact) mass is 385 g/mol. The van der Waals surface area contributed by atoms with Gasteiger partial charge in [-0.3, -0.25) is 0 Å². The van der Waals surface area contributed by atoms with Crippen LogP contribution in [0.4, 0.5) is 0 Å². The fourth-order valence-corrected chi connectivity index (χ4v) is 4.35. The van der Waals surface area contributed by atoms with Crippen LogP contribution in [0.15, 0.2) is 53.7 Å². The Morgan fingerprint density at radius 3 is 2.41 bits per heavy atom. The zero-order valence-corrected chi connectivity index (χ0v) is 16.7. The molecular weight excluding hydrogens is 362 g/mol. The molecule has 0 bridgehead atoms.